The van der Waals surface area contributed by atoms with Crippen LogP contribution < -0.4 is 4.90 Å². The Morgan fingerprint density at radius 3 is 1.62 bits per heavy atom. The van der Waals surface area contributed by atoms with Crippen molar-refractivity contribution >= 4 is 82.6 Å². The van der Waals surface area contributed by atoms with Crippen LogP contribution in [0.15, 0.2) is 205 Å². The summed E-state index contributed by atoms with van der Waals surface area (Å²) in [5.41, 5.74) is 16.0. The molecule has 0 aliphatic rings. The minimum atomic E-state index is 0.882. The lowest BCUT2D eigenvalue weighted by Crippen LogP contribution is -2.09. The Hall–Kier alpha value is -8.26. The zero-order chi connectivity index (χ0) is 40.6. The van der Waals surface area contributed by atoms with E-state index in [-0.39, 0.29) is 0 Å². The van der Waals surface area contributed by atoms with Crippen molar-refractivity contribution in [3.63, 3.8) is 0 Å². The number of aryl methyl sites for hydroxylation is 1. The molecule has 12 aromatic rings. The Bertz CT molecular complexity index is 3740. The van der Waals surface area contributed by atoms with Crippen molar-refractivity contribution in [2.24, 2.45) is 0 Å². The first kappa shape index (κ1) is 34.8. The fourth-order valence-corrected chi connectivity index (χ4v) is 9.53. The topological polar surface area (TPSA) is 26.2 Å². The summed E-state index contributed by atoms with van der Waals surface area (Å²) in [5, 5.41) is 6.97. The van der Waals surface area contributed by atoms with Crippen molar-refractivity contribution in [1.82, 2.24) is 9.13 Å². The molecule has 0 saturated heterocycles. The Morgan fingerprint density at radius 1 is 0.410 bits per heavy atom. The van der Waals surface area contributed by atoms with Crippen LogP contribution in [0.1, 0.15) is 11.1 Å². The molecule has 3 heterocycles. The fourth-order valence-electron chi connectivity index (χ4n) is 9.53. The van der Waals surface area contributed by atoms with E-state index >= 15 is 0 Å². The van der Waals surface area contributed by atoms with Gasteiger partial charge in [0.1, 0.15) is 11.2 Å². The molecule has 0 aliphatic carbocycles. The van der Waals surface area contributed by atoms with Gasteiger partial charge in [-0.05, 0) is 127 Å². The number of anilines is 3. The lowest BCUT2D eigenvalue weighted by molar-refractivity contribution is 0.669. The molecule has 0 bridgehead atoms. The average molecular weight is 780 g/mol. The van der Waals surface area contributed by atoms with Crippen molar-refractivity contribution < 1.29 is 4.42 Å². The van der Waals surface area contributed by atoms with E-state index in [4.69, 9.17) is 10.8 Å². The molecule has 0 aliphatic heterocycles. The third-order valence-corrected chi connectivity index (χ3v) is 12.3. The second-order valence-corrected chi connectivity index (χ2v) is 15.7. The zero-order valence-corrected chi connectivity index (χ0v) is 33.4. The van der Waals surface area contributed by atoms with E-state index in [1.165, 1.54) is 27.1 Å². The van der Waals surface area contributed by atoms with E-state index < -0.39 is 0 Å². The quantitative estimate of drug-likeness (QED) is 0.157. The molecule has 0 saturated carbocycles. The van der Waals surface area contributed by atoms with Gasteiger partial charge in [-0.15, -0.1) is 6.42 Å². The monoisotopic (exact) mass is 779 g/mol. The number of hydrogen-bond donors (Lipinski definition) is 0. The van der Waals surface area contributed by atoms with Gasteiger partial charge < -0.3 is 18.5 Å². The molecular formula is C57H37N3O. The molecule has 0 N–H and O–H groups in total. The lowest BCUT2D eigenvalue weighted by Gasteiger charge is -2.26. The minimum absolute atomic E-state index is 0.882. The van der Waals surface area contributed by atoms with Gasteiger partial charge in [-0.25, -0.2) is 0 Å². The summed E-state index contributed by atoms with van der Waals surface area (Å²) in [4.78, 5) is 2.37. The van der Waals surface area contributed by atoms with E-state index in [0.29, 0.717) is 0 Å². The van der Waals surface area contributed by atoms with E-state index in [1.54, 1.807) is 0 Å². The largest absolute Gasteiger partial charge is 0.456 e. The number of hydrogen-bond acceptors (Lipinski definition) is 2. The average Bonchev–Trinajstić information content (AvgIpc) is 3.97. The van der Waals surface area contributed by atoms with Crippen LogP contribution in [0.5, 0.6) is 0 Å². The van der Waals surface area contributed by atoms with Gasteiger partial charge in [-0.1, -0.05) is 103 Å². The van der Waals surface area contributed by atoms with E-state index in [2.05, 4.69) is 215 Å². The summed E-state index contributed by atoms with van der Waals surface area (Å²) in [6, 6.07) is 71.5. The van der Waals surface area contributed by atoms with E-state index in [9.17, 15) is 0 Å². The third kappa shape index (κ3) is 5.42. The number of nitrogens with zero attached hydrogens (tertiary/aromatic N) is 3. The Kier molecular flexibility index (Phi) is 7.78. The summed E-state index contributed by atoms with van der Waals surface area (Å²) in [7, 11) is 0. The number of para-hydroxylation sites is 4. The van der Waals surface area contributed by atoms with Gasteiger partial charge in [-0.3, -0.25) is 0 Å². The fraction of sp³-hybridized carbons (Fsp3) is 0.0175. The van der Waals surface area contributed by atoms with Crippen LogP contribution in [0.3, 0.4) is 0 Å². The molecule has 4 nitrogen and oxygen atoms in total. The zero-order valence-electron chi connectivity index (χ0n) is 33.4. The molecule has 0 atom stereocenters. The highest BCUT2D eigenvalue weighted by Crippen LogP contribution is 2.43. The second-order valence-electron chi connectivity index (χ2n) is 15.7. The summed E-state index contributed by atoms with van der Waals surface area (Å²) in [6.07, 6.45) is 6.08. The van der Waals surface area contributed by atoms with Gasteiger partial charge in [0.25, 0.3) is 0 Å². The summed E-state index contributed by atoms with van der Waals surface area (Å²) < 4.78 is 11.0. The lowest BCUT2D eigenvalue weighted by atomic mass is 9.95. The molecule has 0 unspecified atom stereocenters. The predicted molar refractivity (Wildman–Crippen MR) is 255 cm³/mol. The van der Waals surface area contributed by atoms with Crippen LogP contribution in [0.25, 0.3) is 88.1 Å². The SMILES string of the molecule is C#Cc1ccc(-n2c3ccccc3c3cc(N(c4ccccc4)c4ccc5c(c4)c4ccccc4n5-c4ccc5oc6ccccc6c5c4)ccc32)cc1-c1ccccc1C. The third-order valence-electron chi connectivity index (χ3n) is 12.3. The normalized spacial score (nSPS) is 11.7. The van der Waals surface area contributed by atoms with Crippen LogP contribution in [-0.4, -0.2) is 9.13 Å². The van der Waals surface area contributed by atoms with Crippen molar-refractivity contribution in [1.29, 1.82) is 0 Å². The number of furan rings is 1. The molecule has 286 valence electrons. The first-order valence-corrected chi connectivity index (χ1v) is 20.6. The van der Waals surface area contributed by atoms with Crippen LogP contribution in [0.2, 0.25) is 0 Å². The summed E-state index contributed by atoms with van der Waals surface area (Å²) in [6.45, 7) is 2.14. The maximum Gasteiger partial charge on any atom is 0.135 e. The minimum Gasteiger partial charge on any atom is -0.456 e. The molecule has 61 heavy (non-hydrogen) atoms. The van der Waals surface area contributed by atoms with Crippen molar-refractivity contribution in [3.05, 3.63) is 211 Å². The number of terminal acetylenes is 1. The molecule has 9 aromatic carbocycles. The first-order chi connectivity index (χ1) is 30.1. The van der Waals surface area contributed by atoms with Gasteiger partial charge in [-0.2, -0.15) is 0 Å². The Morgan fingerprint density at radius 2 is 0.951 bits per heavy atom. The van der Waals surface area contributed by atoms with Crippen LogP contribution in [0.4, 0.5) is 17.1 Å². The van der Waals surface area contributed by atoms with Crippen LogP contribution >= 0.6 is 0 Å². The molecule has 4 heteroatoms. The van der Waals surface area contributed by atoms with Gasteiger partial charge >= 0.3 is 0 Å². The first-order valence-electron chi connectivity index (χ1n) is 20.6. The van der Waals surface area contributed by atoms with Gasteiger partial charge in [0.05, 0.1) is 22.1 Å². The van der Waals surface area contributed by atoms with Crippen molar-refractivity contribution in [3.8, 4) is 34.8 Å². The van der Waals surface area contributed by atoms with Crippen LogP contribution in [-0.2, 0) is 0 Å². The van der Waals surface area contributed by atoms with Gasteiger partial charge in [0, 0.05) is 66.3 Å². The molecular weight excluding hydrogens is 743 g/mol. The number of rotatable bonds is 6. The molecule has 0 radical (unpaired) electrons. The smallest absolute Gasteiger partial charge is 0.135 e. The molecule has 3 aromatic heterocycles. The molecule has 0 amide bonds. The Balaban J connectivity index is 1.04. The van der Waals surface area contributed by atoms with Gasteiger partial charge in [0.15, 0.2) is 0 Å². The highest BCUT2D eigenvalue weighted by molar-refractivity contribution is 6.13. The van der Waals surface area contributed by atoms with Gasteiger partial charge in [0.2, 0.25) is 0 Å². The molecule has 12 rings (SSSR count). The highest BCUT2D eigenvalue weighted by Gasteiger charge is 2.21. The van der Waals surface area contributed by atoms with Crippen molar-refractivity contribution in [2.45, 2.75) is 6.92 Å². The maximum atomic E-state index is 6.21. The summed E-state index contributed by atoms with van der Waals surface area (Å²) >= 11 is 0. The van der Waals surface area contributed by atoms with Crippen molar-refractivity contribution in [2.75, 3.05) is 4.90 Å². The highest BCUT2D eigenvalue weighted by atomic mass is 16.3. The number of benzene rings is 9. The van der Waals surface area contributed by atoms with Crippen LogP contribution in [0, 0.1) is 19.3 Å². The number of fused-ring (bicyclic) bond motifs is 9. The maximum absolute atomic E-state index is 6.21. The second kappa shape index (κ2) is 13.7. The number of aromatic nitrogens is 2. The predicted octanol–water partition coefficient (Wildman–Crippen LogP) is 15.2. The Labute approximate surface area is 352 Å². The summed E-state index contributed by atoms with van der Waals surface area (Å²) in [5.74, 6) is 2.94. The van der Waals surface area contributed by atoms with E-state index in [0.717, 1.165) is 89.1 Å². The standard InChI is InChI=1S/C57H37N3O/c1-3-38-25-26-42(33-48(38)44-18-8-7-15-37(44)2)59-52-22-12-9-19-45(52)49-34-40(27-30-54(49)59)58(39-16-5-4-6-17-39)41-28-31-55-50(35-41)46-20-10-13-23-53(46)60(55)43-29-32-57-51(36-43)47-21-11-14-24-56(47)61-57/h1,4-36H,2H3. The van der Waals surface area contributed by atoms with E-state index in [1.807, 2.05) is 12.1 Å². The molecule has 0 spiro atoms. The molecule has 0 fully saturated rings.